The number of ether oxygens (including phenoxy) is 1. The minimum atomic E-state index is -0.0200. The molecule has 5 heteroatoms. The van der Waals surface area contributed by atoms with E-state index in [4.69, 9.17) is 16.3 Å². The minimum absolute atomic E-state index is 0.0200. The zero-order valence-corrected chi connectivity index (χ0v) is 14.0. The van der Waals surface area contributed by atoms with Crippen molar-refractivity contribution in [3.05, 3.63) is 69.4 Å². The van der Waals surface area contributed by atoms with Crippen LogP contribution in [0.1, 0.15) is 20.8 Å². The molecule has 0 atom stereocenters. The Balaban J connectivity index is 2.12. The van der Waals surface area contributed by atoms with Gasteiger partial charge in [-0.1, -0.05) is 29.8 Å². The van der Waals surface area contributed by atoms with Crippen LogP contribution in [0.25, 0.3) is 0 Å². The summed E-state index contributed by atoms with van der Waals surface area (Å²) in [6.07, 6.45) is 1.73. The van der Waals surface area contributed by atoms with Gasteiger partial charge in [-0.2, -0.15) is 0 Å². The van der Waals surface area contributed by atoms with Gasteiger partial charge in [-0.3, -0.25) is 4.79 Å². The standard InChI is InChI=1S/C17H18ClNO2S/c1-3-10-19(11-15-8-9-16(18)22-15)17(20)14-6-4-13(5-7-14)12-21-2/h3-9H,1,10-12H2,2H3. The molecule has 2 rings (SSSR count). The normalized spacial score (nSPS) is 10.5. The lowest BCUT2D eigenvalue weighted by Crippen LogP contribution is -2.30. The summed E-state index contributed by atoms with van der Waals surface area (Å²) in [5, 5.41) is 0. The Morgan fingerprint density at radius 1 is 1.32 bits per heavy atom. The highest BCUT2D eigenvalue weighted by molar-refractivity contribution is 7.16. The molecule has 0 radical (unpaired) electrons. The van der Waals surface area contributed by atoms with E-state index in [1.807, 2.05) is 36.4 Å². The van der Waals surface area contributed by atoms with Crippen molar-refractivity contribution in [2.24, 2.45) is 0 Å². The lowest BCUT2D eigenvalue weighted by Gasteiger charge is -2.20. The predicted molar refractivity (Wildman–Crippen MR) is 91.4 cm³/mol. The lowest BCUT2D eigenvalue weighted by atomic mass is 10.1. The van der Waals surface area contributed by atoms with Crippen molar-refractivity contribution in [3.8, 4) is 0 Å². The summed E-state index contributed by atoms with van der Waals surface area (Å²) in [6, 6.07) is 11.3. The molecule has 0 saturated heterocycles. The van der Waals surface area contributed by atoms with Crippen LogP contribution in [-0.2, 0) is 17.9 Å². The Hall–Kier alpha value is -1.62. The highest BCUT2D eigenvalue weighted by Crippen LogP contribution is 2.23. The van der Waals surface area contributed by atoms with E-state index in [9.17, 15) is 4.79 Å². The van der Waals surface area contributed by atoms with Crippen LogP contribution in [0.3, 0.4) is 0 Å². The van der Waals surface area contributed by atoms with Gasteiger partial charge in [0.1, 0.15) is 0 Å². The third-order valence-electron chi connectivity index (χ3n) is 3.12. The molecule has 0 unspecified atom stereocenters. The third-order valence-corrected chi connectivity index (χ3v) is 4.34. The first-order valence-electron chi connectivity index (χ1n) is 6.86. The number of amides is 1. The van der Waals surface area contributed by atoms with Gasteiger partial charge >= 0.3 is 0 Å². The van der Waals surface area contributed by atoms with Crippen LogP contribution in [0.2, 0.25) is 4.34 Å². The number of halogens is 1. The van der Waals surface area contributed by atoms with E-state index < -0.39 is 0 Å². The Bertz CT molecular complexity index is 636. The second-order valence-corrected chi connectivity index (χ2v) is 6.61. The molecule has 3 nitrogen and oxygen atoms in total. The zero-order chi connectivity index (χ0) is 15.9. The van der Waals surface area contributed by atoms with E-state index in [2.05, 4.69) is 6.58 Å². The fourth-order valence-electron chi connectivity index (χ4n) is 2.09. The fourth-order valence-corrected chi connectivity index (χ4v) is 3.20. The summed E-state index contributed by atoms with van der Waals surface area (Å²) in [7, 11) is 1.65. The number of carbonyl (C=O) groups is 1. The number of hydrogen-bond donors (Lipinski definition) is 0. The maximum Gasteiger partial charge on any atom is 0.254 e. The zero-order valence-electron chi connectivity index (χ0n) is 12.4. The van der Waals surface area contributed by atoms with Gasteiger partial charge in [0, 0.05) is 24.1 Å². The number of rotatable bonds is 7. The van der Waals surface area contributed by atoms with Gasteiger partial charge in [0.05, 0.1) is 17.5 Å². The summed E-state index contributed by atoms with van der Waals surface area (Å²) >= 11 is 7.43. The number of benzene rings is 1. The van der Waals surface area contributed by atoms with Gasteiger partial charge in [0.25, 0.3) is 5.91 Å². The molecule has 1 amide bonds. The largest absolute Gasteiger partial charge is 0.380 e. The number of nitrogens with zero attached hydrogens (tertiary/aromatic N) is 1. The Morgan fingerprint density at radius 2 is 2.05 bits per heavy atom. The second-order valence-electron chi connectivity index (χ2n) is 4.81. The van der Waals surface area contributed by atoms with Gasteiger partial charge in [-0.25, -0.2) is 0 Å². The molecule has 0 aliphatic rings. The van der Waals surface area contributed by atoms with Crippen molar-refractivity contribution >= 4 is 28.8 Å². The molecule has 0 saturated carbocycles. The Labute approximate surface area is 139 Å². The first-order chi connectivity index (χ1) is 10.6. The molecule has 1 aromatic heterocycles. The number of thiophene rings is 1. The molecule has 0 aliphatic carbocycles. The van der Waals surface area contributed by atoms with Crippen molar-refractivity contribution in [1.29, 1.82) is 0 Å². The van der Waals surface area contributed by atoms with Gasteiger partial charge in [0.2, 0.25) is 0 Å². The average Bonchev–Trinajstić information content (AvgIpc) is 2.92. The van der Waals surface area contributed by atoms with E-state index in [-0.39, 0.29) is 5.91 Å². The molecule has 2 aromatic rings. The number of carbonyl (C=O) groups excluding carboxylic acids is 1. The highest BCUT2D eigenvalue weighted by atomic mass is 35.5. The van der Waals surface area contributed by atoms with Crippen molar-refractivity contribution < 1.29 is 9.53 Å². The molecule has 0 spiro atoms. The van der Waals surface area contributed by atoms with Crippen molar-refractivity contribution in [2.75, 3.05) is 13.7 Å². The lowest BCUT2D eigenvalue weighted by molar-refractivity contribution is 0.0764. The van der Waals surface area contributed by atoms with Gasteiger partial charge in [-0.15, -0.1) is 17.9 Å². The van der Waals surface area contributed by atoms with Crippen LogP contribution < -0.4 is 0 Å². The summed E-state index contributed by atoms with van der Waals surface area (Å²) in [6.45, 7) is 5.29. The molecule has 1 heterocycles. The summed E-state index contributed by atoms with van der Waals surface area (Å²) in [4.78, 5) is 15.4. The molecule has 0 fully saturated rings. The molecular weight excluding hydrogens is 318 g/mol. The van der Waals surface area contributed by atoms with Crippen LogP contribution in [0.15, 0.2) is 49.1 Å². The SMILES string of the molecule is C=CCN(Cc1ccc(Cl)s1)C(=O)c1ccc(COC)cc1. The smallest absolute Gasteiger partial charge is 0.254 e. The maximum absolute atomic E-state index is 12.6. The molecule has 0 N–H and O–H groups in total. The van der Waals surface area contributed by atoms with Crippen LogP contribution in [0, 0.1) is 0 Å². The van der Waals surface area contributed by atoms with E-state index in [1.165, 1.54) is 11.3 Å². The summed E-state index contributed by atoms with van der Waals surface area (Å²) in [5.74, 6) is -0.0200. The van der Waals surface area contributed by atoms with Crippen molar-refractivity contribution in [2.45, 2.75) is 13.2 Å². The van der Waals surface area contributed by atoms with E-state index in [0.717, 1.165) is 14.8 Å². The number of methoxy groups -OCH3 is 1. The van der Waals surface area contributed by atoms with Gasteiger partial charge < -0.3 is 9.64 Å². The fraction of sp³-hybridized carbons (Fsp3) is 0.235. The molecular formula is C17H18ClNO2S. The molecule has 0 aliphatic heterocycles. The van der Waals surface area contributed by atoms with E-state index in [1.54, 1.807) is 18.1 Å². The molecule has 116 valence electrons. The second kappa shape index (κ2) is 8.13. The topological polar surface area (TPSA) is 29.5 Å². The van der Waals surface area contributed by atoms with E-state index >= 15 is 0 Å². The average molecular weight is 336 g/mol. The first-order valence-corrected chi connectivity index (χ1v) is 8.05. The van der Waals surface area contributed by atoms with Crippen LogP contribution in [-0.4, -0.2) is 24.5 Å². The first kappa shape index (κ1) is 16.7. The van der Waals surface area contributed by atoms with Crippen molar-refractivity contribution in [1.82, 2.24) is 4.90 Å². The summed E-state index contributed by atoms with van der Waals surface area (Å²) < 4.78 is 5.80. The van der Waals surface area contributed by atoms with Crippen LogP contribution in [0.4, 0.5) is 0 Å². The van der Waals surface area contributed by atoms with Crippen LogP contribution in [0.5, 0.6) is 0 Å². The predicted octanol–water partition coefficient (Wildman–Crippen LogP) is 4.38. The third kappa shape index (κ3) is 4.44. The monoisotopic (exact) mass is 335 g/mol. The molecule has 22 heavy (non-hydrogen) atoms. The Kier molecular flexibility index (Phi) is 6.19. The van der Waals surface area contributed by atoms with Gasteiger partial charge in [0.15, 0.2) is 0 Å². The number of hydrogen-bond acceptors (Lipinski definition) is 3. The highest BCUT2D eigenvalue weighted by Gasteiger charge is 2.15. The molecule has 0 bridgehead atoms. The quantitative estimate of drug-likeness (QED) is 0.703. The van der Waals surface area contributed by atoms with E-state index in [0.29, 0.717) is 25.3 Å². The Morgan fingerprint density at radius 3 is 2.59 bits per heavy atom. The minimum Gasteiger partial charge on any atom is -0.380 e. The van der Waals surface area contributed by atoms with Crippen LogP contribution >= 0.6 is 22.9 Å². The van der Waals surface area contributed by atoms with Crippen molar-refractivity contribution in [3.63, 3.8) is 0 Å². The summed E-state index contributed by atoms with van der Waals surface area (Å²) in [5.41, 5.74) is 1.70. The molecule has 1 aromatic carbocycles. The maximum atomic E-state index is 12.6. The van der Waals surface area contributed by atoms with Gasteiger partial charge in [-0.05, 0) is 29.8 Å².